The van der Waals surface area contributed by atoms with Crippen molar-refractivity contribution >= 4 is 85.7 Å². The number of ether oxygens (including phenoxy) is 1. The Morgan fingerprint density at radius 2 is 1.42 bits per heavy atom. The van der Waals surface area contributed by atoms with Gasteiger partial charge < -0.3 is 15.4 Å². The number of hydrogen-bond donors (Lipinski definition) is 2. The number of imidazole rings is 1. The van der Waals surface area contributed by atoms with E-state index in [1.54, 1.807) is 25.6 Å². The molecule has 4 aromatic heterocycles. The van der Waals surface area contributed by atoms with Gasteiger partial charge in [-0.3, -0.25) is 18.9 Å². The largest absolute Gasteiger partial charge is 0.480 e. The van der Waals surface area contributed by atoms with Gasteiger partial charge in [0.05, 0.1) is 48.0 Å². The number of aliphatic imine (C=N–C) groups is 1. The minimum absolute atomic E-state index is 0.0992. The first-order chi connectivity index (χ1) is 31.4. The molecule has 1 aliphatic heterocycles. The maximum absolute atomic E-state index is 12.6. The number of ketones is 1. The number of carbonyl (C=O) groups excluding carboxylic acids is 1. The van der Waals surface area contributed by atoms with Gasteiger partial charge >= 0.3 is 0 Å². The molecule has 65 heavy (non-hydrogen) atoms. The van der Waals surface area contributed by atoms with Gasteiger partial charge in [0, 0.05) is 59.3 Å². The molecule has 0 fully saturated rings. The minimum Gasteiger partial charge on any atom is -0.480 e. The summed E-state index contributed by atoms with van der Waals surface area (Å²) in [6, 6.07) is 26.9. The number of benzene rings is 4. The second kappa shape index (κ2) is 18.3. The van der Waals surface area contributed by atoms with Gasteiger partial charge in [-0.25, -0.2) is 24.6 Å². The fourth-order valence-corrected chi connectivity index (χ4v) is 8.19. The Morgan fingerprint density at radius 1 is 0.738 bits per heavy atom. The summed E-state index contributed by atoms with van der Waals surface area (Å²) in [6.45, 7) is 26.5. The molecule has 5 heterocycles. The van der Waals surface area contributed by atoms with E-state index in [4.69, 9.17) is 30.1 Å². The molecule has 0 amide bonds. The van der Waals surface area contributed by atoms with Gasteiger partial charge in [0.2, 0.25) is 5.88 Å². The van der Waals surface area contributed by atoms with Crippen molar-refractivity contribution in [2.45, 2.75) is 60.8 Å². The van der Waals surface area contributed by atoms with E-state index in [2.05, 4.69) is 45.3 Å². The number of hydrogen-bond acceptors (Lipinski definition) is 10. The first kappa shape index (κ1) is 43.6. The van der Waals surface area contributed by atoms with Crippen molar-refractivity contribution in [2.24, 2.45) is 4.99 Å². The first-order valence-electron chi connectivity index (χ1n) is 21.1. The van der Waals surface area contributed by atoms with Crippen LogP contribution in [0.5, 0.6) is 5.88 Å². The second-order valence-electron chi connectivity index (χ2n) is 15.6. The molecule has 0 atom stereocenters. The Balaban J connectivity index is 0.000000178. The maximum atomic E-state index is 12.6. The highest BCUT2D eigenvalue weighted by Crippen LogP contribution is 2.36. The number of anilines is 4. The molecule has 0 radical (unpaired) electrons. The monoisotopic (exact) mass is 875 g/mol. The molecule has 1 aliphatic rings. The summed E-state index contributed by atoms with van der Waals surface area (Å²) in [6.07, 6.45) is 5.43. The van der Waals surface area contributed by atoms with Crippen molar-refractivity contribution in [1.82, 2.24) is 29.1 Å². The van der Waals surface area contributed by atoms with Crippen molar-refractivity contribution in [3.8, 4) is 17.3 Å². The summed E-state index contributed by atoms with van der Waals surface area (Å²) in [4.78, 5) is 42.6. The number of pyridine rings is 2. The maximum Gasteiger partial charge on any atom is 0.224 e. The van der Waals surface area contributed by atoms with Crippen LogP contribution in [0, 0.1) is 45.6 Å². The van der Waals surface area contributed by atoms with E-state index < -0.39 is 0 Å². The van der Waals surface area contributed by atoms with Crippen molar-refractivity contribution in [3.63, 3.8) is 0 Å². The fourth-order valence-electron chi connectivity index (χ4n) is 7.81. The predicted molar refractivity (Wildman–Crippen MR) is 262 cm³/mol. The van der Waals surface area contributed by atoms with E-state index in [-0.39, 0.29) is 5.78 Å². The third-order valence-corrected chi connectivity index (χ3v) is 11.7. The molecule has 0 bridgehead atoms. The number of nitrogens with zero attached hydrogens (tertiary/aromatic N) is 9. The van der Waals surface area contributed by atoms with Crippen molar-refractivity contribution in [3.05, 3.63) is 159 Å². The lowest BCUT2D eigenvalue weighted by Crippen LogP contribution is -2.12. The average Bonchev–Trinajstić information content (AvgIpc) is 3.62. The molecule has 9 rings (SSSR count). The van der Waals surface area contributed by atoms with Crippen molar-refractivity contribution in [2.75, 3.05) is 17.7 Å². The number of rotatable bonds is 9. The zero-order chi connectivity index (χ0) is 45.9. The molecule has 2 N–H and O–H groups in total. The van der Waals surface area contributed by atoms with Gasteiger partial charge in [-0.2, -0.15) is 4.98 Å². The SMILES string of the molecule is [C-]#[N+]c1ccc(-n2c(=S)n(-c3ccc4nc(CC)nc(OC)c4c3)c3c(C)ccnc32)cc1C.[C-]#[N+]c1ccc(Nc2nccc(C)c2Nc2ccc3c(c2)C(=O)CC(CC)=N3)cc1C. The fraction of sp³-hybridized carbons (Fsp3) is 0.196. The van der Waals surface area contributed by atoms with Gasteiger partial charge in [0.25, 0.3) is 0 Å². The molecule has 13 nitrogen and oxygen atoms in total. The minimum atomic E-state index is 0.0992. The number of methoxy groups -OCH3 is 1. The number of aryl methyl sites for hydroxylation is 5. The summed E-state index contributed by atoms with van der Waals surface area (Å²) in [5.41, 5.74) is 14.1. The molecule has 0 unspecified atom stereocenters. The highest BCUT2D eigenvalue weighted by molar-refractivity contribution is 7.71. The highest BCUT2D eigenvalue weighted by Gasteiger charge is 2.21. The zero-order valence-electron chi connectivity index (χ0n) is 37.1. The topological polar surface area (TPSA) is 133 Å². The predicted octanol–water partition coefficient (Wildman–Crippen LogP) is 13.0. The zero-order valence-corrected chi connectivity index (χ0v) is 37.9. The Hall–Kier alpha value is -8.07. The van der Waals surface area contributed by atoms with Crippen LogP contribution in [0.1, 0.15) is 65.1 Å². The Bertz CT molecular complexity index is 3390. The third kappa shape index (κ3) is 8.55. The first-order valence-corrected chi connectivity index (χ1v) is 21.5. The lowest BCUT2D eigenvalue weighted by atomic mass is 9.98. The van der Waals surface area contributed by atoms with Crippen LogP contribution in [-0.4, -0.2) is 47.7 Å². The van der Waals surface area contributed by atoms with Gasteiger partial charge in [-0.1, -0.05) is 26.0 Å². The molecular formula is C51H45N11O2S. The number of aromatic nitrogens is 6. The molecule has 8 aromatic rings. The van der Waals surface area contributed by atoms with Crippen LogP contribution in [0.15, 0.2) is 102 Å². The lowest BCUT2D eigenvalue weighted by molar-refractivity contribution is 0.0999. The van der Waals surface area contributed by atoms with E-state index >= 15 is 0 Å². The van der Waals surface area contributed by atoms with Gasteiger partial charge in [0.15, 0.2) is 33.4 Å². The number of nitrogens with one attached hydrogen (secondary N) is 2. The van der Waals surface area contributed by atoms with E-state index in [0.717, 1.165) is 103 Å². The molecule has 0 aliphatic carbocycles. The van der Waals surface area contributed by atoms with E-state index in [9.17, 15) is 4.79 Å². The summed E-state index contributed by atoms with van der Waals surface area (Å²) in [7, 11) is 1.62. The van der Waals surface area contributed by atoms with Crippen molar-refractivity contribution < 1.29 is 9.53 Å². The van der Waals surface area contributed by atoms with Crippen molar-refractivity contribution in [1.29, 1.82) is 0 Å². The standard InChI is InChI=1S/C26H22N6OS.C25H23N5O/c1-6-22-29-21-10-8-18(14-19(21)25(30-22)33-5)31-23-15(2)11-12-28-24(23)32(26(31)34)17-7-9-20(27-4)16(3)13-17;1-5-17-14-23(31)20-13-19(7-9-22(20)28-17)29-24-15(2)10-11-27-25(24)30-18-6-8-21(26-4)16(3)12-18/h7-14H,6H2,1-3,5H3;6-13,29H,5,14H2,1-3H3,(H,27,30). The average molecular weight is 876 g/mol. The molecule has 0 spiro atoms. The molecule has 322 valence electrons. The quantitative estimate of drug-likeness (QED) is 0.107. The van der Waals surface area contributed by atoms with Crippen LogP contribution in [0.25, 0.3) is 43.1 Å². The molecule has 14 heteroatoms. The summed E-state index contributed by atoms with van der Waals surface area (Å²) in [5.74, 6) is 2.05. The smallest absolute Gasteiger partial charge is 0.224 e. The number of carbonyl (C=O) groups is 1. The molecule has 0 saturated carbocycles. The molecule has 0 saturated heterocycles. The van der Waals surface area contributed by atoms with Gasteiger partial charge in [-0.15, -0.1) is 0 Å². The van der Waals surface area contributed by atoms with Crippen LogP contribution >= 0.6 is 12.2 Å². The number of fused-ring (bicyclic) bond motifs is 3. The van der Waals surface area contributed by atoms with E-state index in [1.807, 2.05) is 130 Å². The lowest BCUT2D eigenvalue weighted by Gasteiger charge is -2.18. The summed E-state index contributed by atoms with van der Waals surface area (Å²) < 4.78 is 10.1. The Labute approximate surface area is 382 Å². The van der Waals surface area contributed by atoms with E-state index in [0.29, 0.717) is 39.8 Å². The normalized spacial score (nSPS) is 11.8. The number of Topliss-reactive ketones (excluding diaryl/α,β-unsaturated/α-hetero) is 1. The second-order valence-corrected chi connectivity index (χ2v) is 16.0. The molecular weight excluding hydrogens is 831 g/mol. The van der Waals surface area contributed by atoms with Crippen LogP contribution in [0.2, 0.25) is 0 Å². The van der Waals surface area contributed by atoms with Crippen LogP contribution in [0.3, 0.4) is 0 Å². The van der Waals surface area contributed by atoms with Crippen LogP contribution in [0.4, 0.5) is 39.9 Å². The van der Waals surface area contributed by atoms with Gasteiger partial charge in [-0.05, 0) is 141 Å². The Kier molecular flexibility index (Phi) is 12.3. The van der Waals surface area contributed by atoms with Crippen LogP contribution < -0.4 is 15.4 Å². The van der Waals surface area contributed by atoms with E-state index in [1.165, 1.54) is 0 Å². The Morgan fingerprint density at radius 3 is 2.12 bits per heavy atom. The summed E-state index contributed by atoms with van der Waals surface area (Å²) >= 11 is 6.01. The van der Waals surface area contributed by atoms with Crippen LogP contribution in [-0.2, 0) is 6.42 Å². The highest BCUT2D eigenvalue weighted by atomic mass is 32.1. The molecule has 4 aromatic carbocycles. The third-order valence-electron chi connectivity index (χ3n) is 11.3. The summed E-state index contributed by atoms with van der Waals surface area (Å²) in [5, 5.41) is 7.58. The van der Waals surface area contributed by atoms with Gasteiger partial charge in [0.1, 0.15) is 5.82 Å².